The largest absolute Gasteiger partial charge is 0.251 e. The third-order valence-electron chi connectivity index (χ3n) is 2.83. The Morgan fingerprint density at radius 2 is 1.58 bits per heavy atom. The number of hydrogen-bond donors (Lipinski definition) is 0. The molecule has 3 rings (SSSR count). The van der Waals surface area contributed by atoms with Gasteiger partial charge in [0.05, 0.1) is 16.9 Å². The Bertz CT molecular complexity index is 705. The first-order valence-electron chi connectivity index (χ1n) is 6.19. The van der Waals surface area contributed by atoms with Crippen molar-refractivity contribution in [1.29, 1.82) is 0 Å². The molecule has 1 heterocycles. The summed E-state index contributed by atoms with van der Waals surface area (Å²) in [4.78, 5) is 4.55. The first-order chi connectivity index (χ1) is 9.42. The van der Waals surface area contributed by atoms with E-state index in [-0.39, 0.29) is 0 Å². The highest BCUT2D eigenvalue weighted by Gasteiger charge is 1.96. The third-order valence-corrected chi connectivity index (χ3v) is 2.83. The maximum Gasteiger partial charge on any atom is 0.102 e. The molecular weight excluding hydrogens is 234 g/mol. The van der Waals surface area contributed by atoms with E-state index in [1.54, 1.807) is 0 Å². The van der Waals surface area contributed by atoms with Crippen LogP contribution >= 0.6 is 0 Å². The quantitative estimate of drug-likeness (QED) is 0.627. The van der Waals surface area contributed by atoms with Crippen LogP contribution in [-0.4, -0.2) is 4.98 Å². The first kappa shape index (κ1) is 11.5. The number of nitrogens with zero attached hydrogens (tertiary/aromatic N) is 3. The lowest BCUT2D eigenvalue weighted by Crippen LogP contribution is -1.87. The first-order valence-corrected chi connectivity index (χ1v) is 6.19. The second-order valence-corrected chi connectivity index (χ2v) is 4.23. The van der Waals surface area contributed by atoms with Crippen molar-refractivity contribution in [3.8, 4) is 0 Å². The van der Waals surface area contributed by atoms with Crippen LogP contribution in [0.5, 0.6) is 0 Å². The maximum atomic E-state index is 4.55. The van der Waals surface area contributed by atoms with Crippen LogP contribution in [0.3, 0.4) is 0 Å². The van der Waals surface area contributed by atoms with Crippen molar-refractivity contribution in [2.75, 3.05) is 0 Å². The summed E-state index contributed by atoms with van der Waals surface area (Å²) in [5.74, 6) is 0. The number of pyridine rings is 1. The van der Waals surface area contributed by atoms with E-state index in [4.69, 9.17) is 0 Å². The molecule has 0 atom stereocenters. The SMILES string of the molecule is c1ccc(N=NCc2ccc3ccccc3n2)cc1. The predicted molar refractivity (Wildman–Crippen MR) is 76.4 cm³/mol. The van der Waals surface area contributed by atoms with Gasteiger partial charge in [0.1, 0.15) is 6.54 Å². The summed E-state index contributed by atoms with van der Waals surface area (Å²) in [6.07, 6.45) is 0. The lowest BCUT2D eigenvalue weighted by molar-refractivity contribution is 0.923. The van der Waals surface area contributed by atoms with Gasteiger partial charge in [0.15, 0.2) is 0 Å². The molecule has 0 unspecified atom stereocenters. The van der Waals surface area contributed by atoms with E-state index in [2.05, 4.69) is 27.3 Å². The van der Waals surface area contributed by atoms with Gasteiger partial charge in [0.25, 0.3) is 0 Å². The zero-order valence-corrected chi connectivity index (χ0v) is 10.4. The fourth-order valence-electron chi connectivity index (χ4n) is 1.88. The van der Waals surface area contributed by atoms with Gasteiger partial charge in [-0.3, -0.25) is 4.98 Å². The summed E-state index contributed by atoms with van der Waals surface area (Å²) in [7, 11) is 0. The molecule has 3 heteroatoms. The number of aromatic nitrogens is 1. The van der Waals surface area contributed by atoms with Gasteiger partial charge in [-0.15, -0.1) is 0 Å². The number of benzene rings is 2. The topological polar surface area (TPSA) is 37.6 Å². The van der Waals surface area contributed by atoms with E-state index in [1.165, 1.54) is 0 Å². The van der Waals surface area contributed by atoms with Gasteiger partial charge >= 0.3 is 0 Å². The molecule has 0 spiro atoms. The Balaban J connectivity index is 1.77. The predicted octanol–water partition coefficient (Wildman–Crippen LogP) is 4.52. The molecule has 2 aromatic carbocycles. The van der Waals surface area contributed by atoms with Crippen LogP contribution in [0.4, 0.5) is 5.69 Å². The van der Waals surface area contributed by atoms with Crippen molar-refractivity contribution in [2.24, 2.45) is 10.2 Å². The number of azo groups is 1. The molecule has 0 bridgehead atoms. The van der Waals surface area contributed by atoms with Gasteiger partial charge < -0.3 is 0 Å². The highest BCUT2D eigenvalue weighted by atomic mass is 15.1. The smallest absolute Gasteiger partial charge is 0.102 e. The molecule has 0 aliphatic heterocycles. The third kappa shape index (κ3) is 2.83. The normalized spacial score (nSPS) is 11.2. The standard InChI is InChI=1S/C16H13N3/c1-2-7-14(8-3-1)19-17-12-15-11-10-13-6-4-5-9-16(13)18-15/h1-11H,12H2. The molecule has 0 aliphatic carbocycles. The van der Waals surface area contributed by atoms with Gasteiger partial charge in [-0.1, -0.05) is 42.5 Å². The van der Waals surface area contributed by atoms with Crippen LogP contribution in [0.15, 0.2) is 77.0 Å². The van der Waals surface area contributed by atoms with E-state index in [9.17, 15) is 0 Å². The van der Waals surface area contributed by atoms with Gasteiger partial charge in [-0.2, -0.15) is 10.2 Å². The molecule has 0 N–H and O–H groups in total. The van der Waals surface area contributed by atoms with Crippen LogP contribution in [0.1, 0.15) is 5.69 Å². The van der Waals surface area contributed by atoms with Gasteiger partial charge in [-0.25, -0.2) is 0 Å². The van der Waals surface area contributed by atoms with E-state index >= 15 is 0 Å². The van der Waals surface area contributed by atoms with Crippen molar-refractivity contribution in [3.05, 3.63) is 72.4 Å². The average molecular weight is 247 g/mol. The molecule has 0 saturated heterocycles. The molecule has 3 nitrogen and oxygen atoms in total. The van der Waals surface area contributed by atoms with Crippen molar-refractivity contribution >= 4 is 16.6 Å². The monoisotopic (exact) mass is 247 g/mol. The van der Waals surface area contributed by atoms with Gasteiger partial charge in [-0.05, 0) is 24.3 Å². The molecule has 3 aromatic rings. The average Bonchev–Trinajstić information content (AvgIpc) is 2.48. The molecule has 0 aliphatic rings. The van der Waals surface area contributed by atoms with Crippen LogP contribution in [0.2, 0.25) is 0 Å². The number of hydrogen-bond acceptors (Lipinski definition) is 3. The number of para-hydroxylation sites is 1. The Morgan fingerprint density at radius 3 is 2.47 bits per heavy atom. The summed E-state index contributed by atoms with van der Waals surface area (Å²) < 4.78 is 0. The van der Waals surface area contributed by atoms with E-state index in [0.29, 0.717) is 6.54 Å². The van der Waals surface area contributed by atoms with Gasteiger partial charge in [0, 0.05) is 5.39 Å². The summed E-state index contributed by atoms with van der Waals surface area (Å²) in [6.45, 7) is 0.500. The lowest BCUT2D eigenvalue weighted by Gasteiger charge is -1.99. The molecule has 1 aromatic heterocycles. The Morgan fingerprint density at radius 1 is 0.789 bits per heavy atom. The van der Waals surface area contributed by atoms with Crippen LogP contribution in [-0.2, 0) is 6.54 Å². The Kier molecular flexibility index (Phi) is 3.28. The van der Waals surface area contributed by atoms with Crippen molar-refractivity contribution in [3.63, 3.8) is 0 Å². The fourth-order valence-corrected chi connectivity index (χ4v) is 1.88. The summed E-state index contributed by atoms with van der Waals surface area (Å²) in [5.41, 5.74) is 2.79. The van der Waals surface area contributed by atoms with Crippen molar-refractivity contribution in [1.82, 2.24) is 4.98 Å². The zero-order chi connectivity index (χ0) is 12.9. The molecule has 92 valence electrons. The molecule has 0 radical (unpaired) electrons. The Labute approximate surface area is 111 Å². The molecule has 19 heavy (non-hydrogen) atoms. The second kappa shape index (κ2) is 5.40. The fraction of sp³-hybridized carbons (Fsp3) is 0.0625. The molecule has 0 fully saturated rings. The summed E-state index contributed by atoms with van der Waals surface area (Å²) >= 11 is 0. The highest BCUT2D eigenvalue weighted by Crippen LogP contribution is 2.14. The maximum absolute atomic E-state index is 4.55. The van der Waals surface area contributed by atoms with E-state index in [0.717, 1.165) is 22.3 Å². The minimum absolute atomic E-state index is 0.500. The number of fused-ring (bicyclic) bond motifs is 1. The minimum atomic E-state index is 0.500. The summed E-state index contributed by atoms with van der Waals surface area (Å²) in [6, 6.07) is 21.8. The van der Waals surface area contributed by atoms with Gasteiger partial charge in [0.2, 0.25) is 0 Å². The zero-order valence-electron chi connectivity index (χ0n) is 10.4. The minimum Gasteiger partial charge on any atom is -0.251 e. The van der Waals surface area contributed by atoms with Crippen molar-refractivity contribution in [2.45, 2.75) is 6.54 Å². The molecular formula is C16H13N3. The van der Waals surface area contributed by atoms with Crippen LogP contribution < -0.4 is 0 Å². The van der Waals surface area contributed by atoms with Crippen LogP contribution in [0.25, 0.3) is 10.9 Å². The summed E-state index contributed by atoms with van der Waals surface area (Å²) in [5, 5.41) is 9.49. The second-order valence-electron chi connectivity index (χ2n) is 4.23. The number of rotatable bonds is 3. The van der Waals surface area contributed by atoms with E-state index < -0.39 is 0 Å². The molecule has 0 saturated carbocycles. The lowest BCUT2D eigenvalue weighted by atomic mass is 10.2. The van der Waals surface area contributed by atoms with Crippen molar-refractivity contribution < 1.29 is 0 Å². The molecule has 0 amide bonds. The van der Waals surface area contributed by atoms with E-state index in [1.807, 2.05) is 54.6 Å². The van der Waals surface area contributed by atoms with Crippen LogP contribution in [0, 0.1) is 0 Å². The Hall–Kier alpha value is -2.55. The highest BCUT2D eigenvalue weighted by molar-refractivity contribution is 5.78.